The van der Waals surface area contributed by atoms with Crippen LogP contribution in [0.15, 0.2) is 0 Å². The number of nitrogens with two attached hydrogens (primary N) is 1. The maximum absolute atomic E-state index is 10.7. The fourth-order valence-corrected chi connectivity index (χ4v) is 1.49. The van der Waals surface area contributed by atoms with Gasteiger partial charge in [0.25, 0.3) is 0 Å². The molecule has 1 aliphatic rings. The lowest BCUT2D eigenvalue weighted by Gasteiger charge is -2.25. The van der Waals surface area contributed by atoms with E-state index in [2.05, 4.69) is 0 Å². The summed E-state index contributed by atoms with van der Waals surface area (Å²) in [6, 6.07) is 0. The number of unbranched alkanes of at least 4 members (excludes halogenated alkanes) is 1. The van der Waals surface area contributed by atoms with E-state index in [0.717, 1.165) is 19.4 Å². The van der Waals surface area contributed by atoms with Gasteiger partial charge in [-0.3, -0.25) is 4.79 Å². The van der Waals surface area contributed by atoms with Gasteiger partial charge in [0.2, 0.25) is 0 Å². The molecule has 4 nitrogen and oxygen atoms in total. The Morgan fingerprint density at radius 3 is 2.67 bits per heavy atom. The summed E-state index contributed by atoms with van der Waals surface area (Å²) in [5, 5.41) is 8.78. The third-order valence-electron chi connectivity index (χ3n) is 2.98. The van der Waals surface area contributed by atoms with Crippen molar-refractivity contribution in [3.8, 4) is 0 Å². The zero-order chi connectivity index (χ0) is 11.3. The number of aliphatic carboxylic acids is 1. The molecular formula is C11H21NO3. The topological polar surface area (TPSA) is 72.5 Å². The Hall–Kier alpha value is -0.610. The molecule has 0 amide bonds. The van der Waals surface area contributed by atoms with Crippen molar-refractivity contribution in [3.63, 3.8) is 0 Å². The summed E-state index contributed by atoms with van der Waals surface area (Å²) in [4.78, 5) is 10.7. The summed E-state index contributed by atoms with van der Waals surface area (Å²) < 4.78 is 5.56. The number of carboxylic acids is 1. The molecule has 1 rings (SSSR count). The van der Waals surface area contributed by atoms with Gasteiger partial charge in [0.15, 0.2) is 0 Å². The number of carboxylic acid groups (broad SMARTS) is 1. The van der Waals surface area contributed by atoms with Crippen LogP contribution in [0.3, 0.4) is 0 Å². The normalized spacial score (nSPS) is 20.7. The van der Waals surface area contributed by atoms with Crippen LogP contribution in [0.5, 0.6) is 0 Å². The quantitative estimate of drug-likeness (QED) is 0.632. The van der Waals surface area contributed by atoms with Gasteiger partial charge in [0.05, 0.1) is 6.10 Å². The van der Waals surface area contributed by atoms with Crippen molar-refractivity contribution < 1.29 is 14.6 Å². The van der Waals surface area contributed by atoms with Crippen LogP contribution in [0, 0.1) is 0 Å². The van der Waals surface area contributed by atoms with Gasteiger partial charge >= 0.3 is 5.97 Å². The first kappa shape index (κ1) is 12.5. The second kappa shape index (κ2) is 5.47. The number of hydrogen-bond acceptors (Lipinski definition) is 3. The van der Waals surface area contributed by atoms with E-state index in [9.17, 15) is 4.79 Å². The van der Waals surface area contributed by atoms with Gasteiger partial charge in [0.1, 0.15) is 5.54 Å². The zero-order valence-electron chi connectivity index (χ0n) is 9.37. The molecule has 0 aliphatic heterocycles. The summed E-state index contributed by atoms with van der Waals surface area (Å²) in [7, 11) is 0. The SMILES string of the molecule is CC(N)(CCCCOC1CCC1)C(=O)O. The van der Waals surface area contributed by atoms with Crippen LogP contribution in [0.2, 0.25) is 0 Å². The van der Waals surface area contributed by atoms with E-state index >= 15 is 0 Å². The summed E-state index contributed by atoms with van der Waals surface area (Å²) in [5.74, 6) is -0.928. The standard InChI is InChI=1S/C11H21NO3/c1-11(12,10(13)14)7-2-3-8-15-9-5-4-6-9/h9H,2-8,12H2,1H3,(H,13,14). The molecule has 0 radical (unpaired) electrons. The molecule has 1 unspecified atom stereocenters. The molecule has 88 valence electrons. The van der Waals surface area contributed by atoms with Crippen LogP contribution >= 0.6 is 0 Å². The first-order valence-corrected chi connectivity index (χ1v) is 5.66. The average molecular weight is 215 g/mol. The largest absolute Gasteiger partial charge is 0.480 e. The number of carbonyl (C=O) groups is 1. The predicted octanol–water partition coefficient (Wildman–Crippen LogP) is 1.53. The smallest absolute Gasteiger partial charge is 0.323 e. The molecule has 4 heteroatoms. The summed E-state index contributed by atoms with van der Waals surface area (Å²) in [5.41, 5.74) is 4.51. The van der Waals surface area contributed by atoms with E-state index in [1.807, 2.05) is 0 Å². The van der Waals surface area contributed by atoms with Crippen molar-refractivity contribution in [1.82, 2.24) is 0 Å². The van der Waals surface area contributed by atoms with Crippen LogP contribution < -0.4 is 5.73 Å². The van der Waals surface area contributed by atoms with E-state index < -0.39 is 11.5 Å². The monoisotopic (exact) mass is 215 g/mol. The predicted molar refractivity (Wildman–Crippen MR) is 57.7 cm³/mol. The zero-order valence-corrected chi connectivity index (χ0v) is 9.37. The van der Waals surface area contributed by atoms with Gasteiger partial charge in [-0.05, 0) is 45.4 Å². The second-order valence-corrected chi connectivity index (χ2v) is 4.60. The third-order valence-corrected chi connectivity index (χ3v) is 2.98. The van der Waals surface area contributed by atoms with Crippen LogP contribution in [-0.2, 0) is 9.53 Å². The molecule has 0 heterocycles. The minimum atomic E-state index is -1.09. The molecule has 0 aromatic heterocycles. The minimum absolute atomic E-state index is 0.466. The van der Waals surface area contributed by atoms with E-state index in [4.69, 9.17) is 15.6 Å². The van der Waals surface area contributed by atoms with Crippen molar-refractivity contribution in [2.45, 2.75) is 57.1 Å². The molecule has 1 saturated carbocycles. The Morgan fingerprint density at radius 2 is 2.20 bits per heavy atom. The van der Waals surface area contributed by atoms with Crippen LogP contribution in [0.4, 0.5) is 0 Å². The van der Waals surface area contributed by atoms with Gasteiger partial charge in [0, 0.05) is 6.61 Å². The van der Waals surface area contributed by atoms with E-state index in [1.165, 1.54) is 19.3 Å². The molecule has 0 spiro atoms. The number of ether oxygens (including phenoxy) is 1. The van der Waals surface area contributed by atoms with Crippen molar-refractivity contribution in [2.24, 2.45) is 5.73 Å². The van der Waals surface area contributed by atoms with Crippen LogP contribution in [0.1, 0.15) is 45.4 Å². The lowest BCUT2D eigenvalue weighted by atomic mass is 9.95. The van der Waals surface area contributed by atoms with Crippen molar-refractivity contribution in [2.75, 3.05) is 6.61 Å². The first-order chi connectivity index (χ1) is 7.02. The van der Waals surface area contributed by atoms with E-state index in [1.54, 1.807) is 6.92 Å². The van der Waals surface area contributed by atoms with Crippen LogP contribution in [0.25, 0.3) is 0 Å². The van der Waals surface area contributed by atoms with E-state index in [-0.39, 0.29) is 0 Å². The fraction of sp³-hybridized carbons (Fsp3) is 0.909. The molecule has 0 bridgehead atoms. The lowest BCUT2D eigenvalue weighted by Crippen LogP contribution is -2.44. The van der Waals surface area contributed by atoms with Gasteiger partial charge in [-0.25, -0.2) is 0 Å². The fourth-order valence-electron chi connectivity index (χ4n) is 1.49. The number of rotatable bonds is 7. The van der Waals surface area contributed by atoms with Gasteiger partial charge in [-0.2, -0.15) is 0 Å². The molecule has 1 aliphatic carbocycles. The second-order valence-electron chi connectivity index (χ2n) is 4.60. The van der Waals surface area contributed by atoms with Gasteiger partial charge < -0.3 is 15.6 Å². The summed E-state index contributed by atoms with van der Waals surface area (Å²) >= 11 is 0. The maximum Gasteiger partial charge on any atom is 0.323 e. The third kappa shape index (κ3) is 4.18. The number of hydrogen-bond donors (Lipinski definition) is 2. The Kier molecular flexibility index (Phi) is 4.54. The molecule has 15 heavy (non-hydrogen) atoms. The Bertz CT molecular complexity index is 212. The molecule has 1 atom stereocenters. The average Bonchev–Trinajstić information content (AvgIpc) is 2.07. The highest BCUT2D eigenvalue weighted by atomic mass is 16.5. The molecule has 0 aromatic carbocycles. The molecule has 0 aromatic rings. The highest BCUT2D eigenvalue weighted by Gasteiger charge is 2.26. The molecular weight excluding hydrogens is 194 g/mol. The highest BCUT2D eigenvalue weighted by Crippen LogP contribution is 2.22. The van der Waals surface area contributed by atoms with Gasteiger partial charge in [-0.1, -0.05) is 0 Å². The van der Waals surface area contributed by atoms with Crippen LogP contribution in [-0.4, -0.2) is 29.3 Å². The summed E-state index contributed by atoms with van der Waals surface area (Å²) in [6.07, 6.45) is 6.34. The highest BCUT2D eigenvalue weighted by molar-refractivity contribution is 5.77. The Morgan fingerprint density at radius 1 is 1.53 bits per heavy atom. The van der Waals surface area contributed by atoms with Crippen molar-refractivity contribution in [3.05, 3.63) is 0 Å². The molecule has 3 N–H and O–H groups in total. The van der Waals surface area contributed by atoms with Gasteiger partial charge in [-0.15, -0.1) is 0 Å². The van der Waals surface area contributed by atoms with Crippen molar-refractivity contribution >= 4 is 5.97 Å². The maximum atomic E-state index is 10.7. The Balaban J connectivity index is 1.98. The Labute approximate surface area is 90.8 Å². The van der Waals surface area contributed by atoms with Crippen molar-refractivity contribution in [1.29, 1.82) is 0 Å². The minimum Gasteiger partial charge on any atom is -0.480 e. The first-order valence-electron chi connectivity index (χ1n) is 5.66. The summed E-state index contributed by atoms with van der Waals surface area (Å²) in [6.45, 7) is 2.29. The van der Waals surface area contributed by atoms with E-state index in [0.29, 0.717) is 12.5 Å². The molecule has 1 fully saturated rings. The molecule has 0 saturated heterocycles. The lowest BCUT2D eigenvalue weighted by molar-refractivity contribution is -0.143.